The van der Waals surface area contributed by atoms with Crippen LogP contribution in [-0.4, -0.2) is 311 Å². The molecule has 3 fully saturated rings. The van der Waals surface area contributed by atoms with Gasteiger partial charge in [0.1, 0.15) is 62.0 Å². The van der Waals surface area contributed by atoms with E-state index in [0.29, 0.717) is 0 Å². The summed E-state index contributed by atoms with van der Waals surface area (Å²) in [7, 11) is 0. The summed E-state index contributed by atoms with van der Waals surface area (Å²) in [6.45, 7) is 21.9. The molecule has 37 nitrogen and oxygen atoms in total. The Morgan fingerprint density at radius 3 is 0.889 bits per heavy atom. The van der Waals surface area contributed by atoms with Crippen molar-refractivity contribution in [1.29, 1.82) is 0 Å². The number of esters is 7. The maximum absolute atomic E-state index is 13.1. The highest BCUT2D eigenvalue weighted by molar-refractivity contribution is 5.77. The summed E-state index contributed by atoms with van der Waals surface area (Å²) >= 11 is 0. The fourth-order valence-electron chi connectivity index (χ4n) is 11.2. The van der Waals surface area contributed by atoms with Crippen molar-refractivity contribution in [2.24, 2.45) is 29.6 Å². The van der Waals surface area contributed by atoms with Gasteiger partial charge in [-0.05, 0) is 0 Å². The number of hydrogen-bond acceptors (Lipinski definition) is 33. The largest absolute Gasteiger partial charge is 0.463 e. The standard InChI is InChI=1S/C71H120N4O33/c1-14-60(83)75-71(42-93-21-15-61(84)72-18-24-87-27-30-90-33-36-96-68-47(4)45(2)64(102-53(10)79)57(106-68)39-99-50(7)76,43-94-22-16-62(85)73-19-25-88-28-31-91-34-37-97-69-48(5)46(3)65(103-54(11)80)58(107-69)40-100-51(8)77)44-95-23-17-63(86)74-20-26-89-29-32-92-35-38-98-70-49(6)66(104-55(12)81)67(105-56(13)82)59(108-70)41-101-52(9)78/h45-49,57-59,64-70H,14-44H2,1-13H3,(H,72,84)(H,73,85)(H,74,86)(H,75,83)/t45-,46-,47-,48-,49-,57-,58-,59-,64-,65-,66-,67+,68-,69-,70-/m1/s1. The Hall–Kier alpha value is -6.43. The van der Waals surface area contributed by atoms with Gasteiger partial charge in [0.25, 0.3) is 0 Å². The first-order valence-electron chi connectivity index (χ1n) is 36.8. The second-order valence-electron chi connectivity index (χ2n) is 26.1. The molecule has 15 atom stereocenters. The molecule has 0 radical (unpaired) electrons. The average Bonchev–Trinajstić information content (AvgIpc) is 0.740. The molecule has 0 aliphatic carbocycles. The van der Waals surface area contributed by atoms with Gasteiger partial charge in [-0.2, -0.15) is 0 Å². The van der Waals surface area contributed by atoms with Gasteiger partial charge in [-0.15, -0.1) is 0 Å². The van der Waals surface area contributed by atoms with Crippen LogP contribution in [0.3, 0.4) is 0 Å². The Balaban J connectivity index is 1.43. The van der Waals surface area contributed by atoms with Gasteiger partial charge < -0.3 is 125 Å². The van der Waals surface area contributed by atoms with E-state index in [9.17, 15) is 52.7 Å². The van der Waals surface area contributed by atoms with E-state index in [2.05, 4.69) is 21.3 Å². The van der Waals surface area contributed by atoms with Crippen molar-refractivity contribution in [3.05, 3.63) is 0 Å². The third-order valence-corrected chi connectivity index (χ3v) is 17.0. The summed E-state index contributed by atoms with van der Waals surface area (Å²) in [5, 5.41) is 11.2. The molecular weight excluding hydrogens is 1440 g/mol. The molecule has 0 spiro atoms. The molecule has 3 heterocycles. The van der Waals surface area contributed by atoms with Gasteiger partial charge in [0.15, 0.2) is 25.0 Å². The number of amides is 4. The van der Waals surface area contributed by atoms with Crippen LogP contribution < -0.4 is 21.3 Å². The Kier molecular flexibility index (Phi) is 48.8. The molecule has 0 aromatic heterocycles. The first kappa shape index (κ1) is 95.8. The van der Waals surface area contributed by atoms with E-state index in [0.717, 1.165) is 0 Å². The van der Waals surface area contributed by atoms with E-state index >= 15 is 0 Å². The number of hydrogen-bond donors (Lipinski definition) is 4. The van der Waals surface area contributed by atoms with E-state index in [4.69, 9.17) is 104 Å². The van der Waals surface area contributed by atoms with Crippen molar-refractivity contribution in [3.8, 4) is 0 Å². The molecule has 37 heteroatoms. The third-order valence-electron chi connectivity index (χ3n) is 17.0. The minimum absolute atomic E-state index is 0.0537. The van der Waals surface area contributed by atoms with Crippen LogP contribution in [0.25, 0.3) is 0 Å². The van der Waals surface area contributed by atoms with Crippen LogP contribution in [0.5, 0.6) is 0 Å². The summed E-state index contributed by atoms with van der Waals surface area (Å²) in [4.78, 5) is 134. The zero-order valence-electron chi connectivity index (χ0n) is 65.1. The van der Waals surface area contributed by atoms with Crippen molar-refractivity contribution in [3.63, 3.8) is 0 Å². The van der Waals surface area contributed by atoms with E-state index < -0.39 is 115 Å². The molecule has 0 aromatic carbocycles. The third kappa shape index (κ3) is 40.5. The lowest BCUT2D eigenvalue weighted by Crippen LogP contribution is -2.58. The Labute approximate surface area is 632 Å². The van der Waals surface area contributed by atoms with Crippen LogP contribution in [0.15, 0.2) is 0 Å². The molecular formula is C71H120N4O33. The van der Waals surface area contributed by atoms with E-state index in [1.165, 1.54) is 48.5 Å². The van der Waals surface area contributed by atoms with E-state index in [-0.39, 0.29) is 251 Å². The molecule has 3 aliphatic rings. The molecule has 4 N–H and O–H groups in total. The van der Waals surface area contributed by atoms with Gasteiger partial charge in [-0.3, -0.25) is 52.7 Å². The molecule has 3 rings (SSSR count). The van der Waals surface area contributed by atoms with Gasteiger partial charge in [-0.25, -0.2) is 0 Å². The molecule has 622 valence electrons. The number of carbonyl (C=O) groups excluding carboxylic acids is 11. The first-order chi connectivity index (χ1) is 51.6. The van der Waals surface area contributed by atoms with Crippen LogP contribution in [0.4, 0.5) is 0 Å². The van der Waals surface area contributed by atoms with Gasteiger partial charge in [0.2, 0.25) is 23.6 Å². The molecule has 0 saturated carbocycles. The SMILES string of the molecule is CCC(=O)NC(COCCC(=O)NCCOCCOCCO[C@@H]1O[C@H](COC(C)=O)[C@H](OC(C)=O)[C@H](C)[C@H]1C)(COCCC(=O)NCCOCCOCCO[C@@H]1O[C@H](COC(C)=O)[C@H](OC(C)=O)[C@H](C)[C@H]1C)COCCC(=O)NCCOCCOCCO[C@@H]1O[C@H](COC(C)=O)[C@H](OC(C)=O)[C@H](OC(C)=O)[C@H]1C. The van der Waals surface area contributed by atoms with Gasteiger partial charge in [-0.1, -0.05) is 41.5 Å². The molecule has 0 unspecified atom stereocenters. The van der Waals surface area contributed by atoms with Crippen molar-refractivity contribution in [2.75, 3.05) is 178 Å². The highest BCUT2D eigenvalue weighted by Gasteiger charge is 2.50. The lowest BCUT2D eigenvalue weighted by Gasteiger charge is -2.43. The minimum atomic E-state index is -1.33. The summed E-state index contributed by atoms with van der Waals surface area (Å²) < 4.78 is 125. The summed E-state index contributed by atoms with van der Waals surface area (Å²) in [5.74, 6) is -6.40. The maximum Gasteiger partial charge on any atom is 0.303 e. The average molecular weight is 1560 g/mol. The first-order valence-corrected chi connectivity index (χ1v) is 36.8. The fourth-order valence-corrected chi connectivity index (χ4v) is 11.2. The van der Waals surface area contributed by atoms with Gasteiger partial charge in [0, 0.05) is 123 Å². The zero-order valence-corrected chi connectivity index (χ0v) is 65.1. The van der Waals surface area contributed by atoms with Gasteiger partial charge in [0.05, 0.1) is 139 Å². The van der Waals surface area contributed by atoms with Crippen LogP contribution >= 0.6 is 0 Å². The van der Waals surface area contributed by atoms with Crippen molar-refractivity contribution in [2.45, 2.75) is 183 Å². The van der Waals surface area contributed by atoms with Crippen LogP contribution in [0.1, 0.15) is 116 Å². The Morgan fingerprint density at radius 1 is 0.306 bits per heavy atom. The van der Waals surface area contributed by atoms with E-state index in [1.807, 2.05) is 27.7 Å². The summed E-state index contributed by atoms with van der Waals surface area (Å²) in [6, 6.07) is 0. The zero-order chi connectivity index (χ0) is 79.8. The highest BCUT2D eigenvalue weighted by atomic mass is 16.7. The molecule has 0 aromatic rings. The number of rotatable bonds is 57. The lowest BCUT2D eigenvalue weighted by atomic mass is 9.84. The predicted molar refractivity (Wildman–Crippen MR) is 373 cm³/mol. The number of ether oxygens (including phenoxy) is 22. The monoisotopic (exact) mass is 1560 g/mol. The second kappa shape index (κ2) is 55.1. The smallest absolute Gasteiger partial charge is 0.303 e. The van der Waals surface area contributed by atoms with Crippen molar-refractivity contribution >= 4 is 65.4 Å². The molecule has 4 amide bonds. The summed E-state index contributed by atoms with van der Waals surface area (Å²) in [6.07, 6.45) is -8.04. The van der Waals surface area contributed by atoms with Gasteiger partial charge >= 0.3 is 41.8 Å². The van der Waals surface area contributed by atoms with Crippen LogP contribution in [0.2, 0.25) is 0 Å². The lowest BCUT2D eigenvalue weighted by molar-refractivity contribution is -0.290. The molecule has 0 bridgehead atoms. The number of nitrogens with one attached hydrogen (secondary N) is 4. The fraction of sp³-hybridized carbons (Fsp3) is 0.845. The minimum Gasteiger partial charge on any atom is -0.463 e. The highest BCUT2D eigenvalue weighted by Crippen LogP contribution is 2.36. The van der Waals surface area contributed by atoms with Crippen molar-refractivity contribution in [1.82, 2.24) is 21.3 Å². The maximum atomic E-state index is 13.1. The number of carbonyl (C=O) groups is 11. The Morgan fingerprint density at radius 2 is 0.583 bits per heavy atom. The Bertz CT molecular complexity index is 2560. The van der Waals surface area contributed by atoms with Crippen LogP contribution in [0, 0.1) is 29.6 Å². The van der Waals surface area contributed by atoms with E-state index in [1.54, 1.807) is 13.8 Å². The topological polar surface area (TPSA) is 439 Å². The quantitative estimate of drug-likeness (QED) is 0.0371. The van der Waals surface area contributed by atoms with Crippen LogP contribution in [-0.2, 0) is 157 Å². The normalized spacial score (nSPS) is 24.1. The second-order valence-corrected chi connectivity index (χ2v) is 26.1. The molecule has 3 aliphatic heterocycles. The molecule has 108 heavy (non-hydrogen) atoms. The molecule has 3 saturated heterocycles. The summed E-state index contributed by atoms with van der Waals surface area (Å²) in [5.41, 5.74) is -1.33. The predicted octanol–water partition coefficient (Wildman–Crippen LogP) is 0.741. The van der Waals surface area contributed by atoms with Crippen molar-refractivity contribution < 1.29 is 157 Å².